The van der Waals surface area contributed by atoms with Crippen molar-refractivity contribution in [3.8, 4) is 0 Å². The van der Waals surface area contributed by atoms with Crippen molar-refractivity contribution in [2.75, 3.05) is 12.3 Å². The number of halogens is 2. The van der Waals surface area contributed by atoms with Gasteiger partial charge < -0.3 is 5.73 Å². The van der Waals surface area contributed by atoms with Crippen LogP contribution in [-0.4, -0.2) is 15.0 Å². The lowest BCUT2D eigenvalue weighted by molar-refractivity contribution is 0.581. The molecule has 112 valence electrons. The molecule has 0 amide bonds. The second-order valence-electron chi connectivity index (χ2n) is 4.46. The summed E-state index contributed by atoms with van der Waals surface area (Å²) in [6, 6.07) is 11.5. The van der Waals surface area contributed by atoms with Gasteiger partial charge in [0.05, 0.1) is 15.6 Å². The highest BCUT2D eigenvalue weighted by atomic mass is 35.5. The van der Waals surface area contributed by atoms with Gasteiger partial charge in [0.2, 0.25) is 10.0 Å². The molecule has 0 fully saturated rings. The molecular formula is C14H14Cl2N2O2S. The van der Waals surface area contributed by atoms with E-state index in [0.717, 1.165) is 5.56 Å². The normalized spacial score (nSPS) is 11.5. The summed E-state index contributed by atoms with van der Waals surface area (Å²) in [5.41, 5.74) is 6.85. The Bertz CT molecular complexity index is 731. The minimum Gasteiger partial charge on any atom is -0.397 e. The zero-order chi connectivity index (χ0) is 15.5. The maximum absolute atomic E-state index is 12.1. The van der Waals surface area contributed by atoms with Crippen molar-refractivity contribution in [1.29, 1.82) is 0 Å². The van der Waals surface area contributed by atoms with E-state index in [1.807, 2.05) is 12.1 Å². The fourth-order valence-corrected chi connectivity index (χ4v) is 3.06. The number of rotatable bonds is 5. The Kier molecular flexibility index (Phi) is 5.11. The highest BCUT2D eigenvalue weighted by Crippen LogP contribution is 2.22. The summed E-state index contributed by atoms with van der Waals surface area (Å²) in [4.78, 5) is 0.0977. The third kappa shape index (κ3) is 4.35. The number of nitrogens with one attached hydrogen (secondary N) is 1. The number of sulfonamides is 1. The van der Waals surface area contributed by atoms with E-state index in [-0.39, 0.29) is 17.1 Å². The van der Waals surface area contributed by atoms with E-state index in [1.165, 1.54) is 18.2 Å². The molecule has 0 heterocycles. The summed E-state index contributed by atoms with van der Waals surface area (Å²) < 4.78 is 26.7. The van der Waals surface area contributed by atoms with Gasteiger partial charge in [0.25, 0.3) is 0 Å². The molecule has 0 radical (unpaired) electrons. The lowest BCUT2D eigenvalue weighted by Gasteiger charge is -2.08. The van der Waals surface area contributed by atoms with Crippen LogP contribution in [0.15, 0.2) is 47.4 Å². The number of nitrogens with two attached hydrogens (primary N) is 1. The summed E-state index contributed by atoms with van der Waals surface area (Å²) in [7, 11) is -3.59. The van der Waals surface area contributed by atoms with E-state index in [9.17, 15) is 8.42 Å². The zero-order valence-corrected chi connectivity index (χ0v) is 13.3. The maximum atomic E-state index is 12.1. The molecular weight excluding hydrogens is 331 g/mol. The third-order valence-electron chi connectivity index (χ3n) is 2.90. The van der Waals surface area contributed by atoms with Crippen molar-refractivity contribution in [1.82, 2.24) is 4.72 Å². The summed E-state index contributed by atoms with van der Waals surface area (Å²) in [6.45, 7) is 0.284. The number of benzene rings is 2. The first kappa shape index (κ1) is 16.1. The van der Waals surface area contributed by atoms with Gasteiger partial charge in [-0.1, -0.05) is 35.3 Å². The molecule has 0 aliphatic rings. The van der Waals surface area contributed by atoms with Crippen LogP contribution < -0.4 is 10.5 Å². The molecule has 0 saturated heterocycles. The van der Waals surface area contributed by atoms with Gasteiger partial charge in [-0.05, 0) is 42.3 Å². The lowest BCUT2D eigenvalue weighted by Crippen LogP contribution is -2.26. The molecule has 0 unspecified atom stereocenters. The van der Waals surface area contributed by atoms with Crippen LogP contribution >= 0.6 is 23.2 Å². The van der Waals surface area contributed by atoms with Crippen molar-refractivity contribution in [3.63, 3.8) is 0 Å². The van der Waals surface area contributed by atoms with E-state index < -0.39 is 10.0 Å². The van der Waals surface area contributed by atoms with E-state index in [0.29, 0.717) is 16.5 Å². The van der Waals surface area contributed by atoms with Crippen LogP contribution in [0, 0.1) is 0 Å². The lowest BCUT2D eigenvalue weighted by atomic mass is 10.2. The second-order valence-corrected chi connectivity index (χ2v) is 7.07. The van der Waals surface area contributed by atoms with Crippen LogP contribution in [0.1, 0.15) is 5.56 Å². The molecule has 0 aliphatic carbocycles. The van der Waals surface area contributed by atoms with Crippen LogP contribution in [0.5, 0.6) is 0 Å². The molecule has 0 aromatic heterocycles. The monoisotopic (exact) mass is 344 g/mol. The maximum Gasteiger partial charge on any atom is 0.240 e. The highest BCUT2D eigenvalue weighted by molar-refractivity contribution is 7.89. The molecule has 2 aromatic rings. The fraction of sp³-hybridized carbons (Fsp3) is 0.143. The Hall–Kier alpha value is -1.27. The van der Waals surface area contributed by atoms with Crippen molar-refractivity contribution >= 4 is 38.9 Å². The largest absolute Gasteiger partial charge is 0.397 e. The molecule has 0 atom stereocenters. The van der Waals surface area contributed by atoms with Gasteiger partial charge in [0.1, 0.15) is 0 Å². The molecule has 4 nitrogen and oxygen atoms in total. The van der Waals surface area contributed by atoms with Crippen LogP contribution in [0.4, 0.5) is 5.69 Å². The number of hydrogen-bond donors (Lipinski definition) is 2. The first-order chi connectivity index (χ1) is 9.88. The number of anilines is 1. The topological polar surface area (TPSA) is 72.2 Å². The van der Waals surface area contributed by atoms with Crippen LogP contribution in [0.25, 0.3) is 0 Å². The minimum atomic E-state index is -3.59. The van der Waals surface area contributed by atoms with E-state index in [4.69, 9.17) is 28.9 Å². The third-order valence-corrected chi connectivity index (χ3v) is 4.95. The summed E-state index contributed by atoms with van der Waals surface area (Å²) in [5.74, 6) is 0. The molecule has 3 N–H and O–H groups in total. The summed E-state index contributed by atoms with van der Waals surface area (Å²) in [5, 5.41) is 0.978. The van der Waals surface area contributed by atoms with Gasteiger partial charge >= 0.3 is 0 Å². The van der Waals surface area contributed by atoms with Crippen LogP contribution in [0.3, 0.4) is 0 Å². The van der Waals surface area contributed by atoms with Gasteiger partial charge in [-0.2, -0.15) is 0 Å². The van der Waals surface area contributed by atoms with Crippen molar-refractivity contribution in [2.45, 2.75) is 11.3 Å². The Labute approximate surface area is 133 Å². The molecule has 0 bridgehead atoms. The Balaban J connectivity index is 2.01. The first-order valence-electron chi connectivity index (χ1n) is 6.17. The van der Waals surface area contributed by atoms with E-state index >= 15 is 0 Å². The predicted octanol–water partition coefficient (Wildman–Crippen LogP) is 3.10. The van der Waals surface area contributed by atoms with Crippen molar-refractivity contribution in [3.05, 3.63) is 58.1 Å². The molecule has 0 saturated carbocycles. The van der Waals surface area contributed by atoms with Gasteiger partial charge in [0, 0.05) is 11.6 Å². The molecule has 7 heteroatoms. The highest BCUT2D eigenvalue weighted by Gasteiger charge is 2.14. The molecule has 2 rings (SSSR count). The molecule has 2 aromatic carbocycles. The minimum absolute atomic E-state index is 0.0977. The standard InChI is InChI=1S/C14H14Cl2N2O2S/c15-11-3-1-10(2-4-11)7-8-18-21(19,20)12-5-6-13(16)14(17)9-12/h1-6,9,18H,7-8,17H2. The van der Waals surface area contributed by atoms with Gasteiger partial charge in [-0.15, -0.1) is 0 Å². The van der Waals surface area contributed by atoms with Gasteiger partial charge in [-0.3, -0.25) is 0 Å². The molecule has 0 spiro atoms. The molecule has 0 aliphatic heterocycles. The predicted molar refractivity (Wildman–Crippen MR) is 86.2 cm³/mol. The zero-order valence-electron chi connectivity index (χ0n) is 11.0. The summed E-state index contributed by atoms with van der Waals surface area (Å²) >= 11 is 11.6. The average molecular weight is 345 g/mol. The van der Waals surface area contributed by atoms with E-state index in [1.54, 1.807) is 12.1 Å². The van der Waals surface area contributed by atoms with E-state index in [2.05, 4.69) is 4.72 Å². The van der Waals surface area contributed by atoms with Crippen molar-refractivity contribution in [2.24, 2.45) is 0 Å². The van der Waals surface area contributed by atoms with Crippen molar-refractivity contribution < 1.29 is 8.42 Å². The van der Waals surface area contributed by atoms with Gasteiger partial charge in [-0.25, -0.2) is 13.1 Å². The average Bonchev–Trinajstić information content (AvgIpc) is 2.44. The van der Waals surface area contributed by atoms with Crippen LogP contribution in [0.2, 0.25) is 10.0 Å². The second kappa shape index (κ2) is 6.66. The quantitative estimate of drug-likeness (QED) is 0.818. The SMILES string of the molecule is Nc1cc(S(=O)(=O)NCCc2ccc(Cl)cc2)ccc1Cl. The number of hydrogen-bond acceptors (Lipinski definition) is 3. The van der Waals surface area contributed by atoms with Gasteiger partial charge in [0.15, 0.2) is 0 Å². The Morgan fingerprint density at radius 3 is 2.33 bits per heavy atom. The summed E-state index contributed by atoms with van der Waals surface area (Å²) in [6.07, 6.45) is 0.569. The number of nitrogen functional groups attached to an aromatic ring is 1. The van der Waals surface area contributed by atoms with Crippen LogP contribution in [-0.2, 0) is 16.4 Å². The Morgan fingerprint density at radius 2 is 1.71 bits per heavy atom. The smallest absolute Gasteiger partial charge is 0.240 e. The fourth-order valence-electron chi connectivity index (χ4n) is 1.75. The first-order valence-corrected chi connectivity index (χ1v) is 8.41. The Morgan fingerprint density at radius 1 is 1.05 bits per heavy atom. The molecule has 21 heavy (non-hydrogen) atoms.